The van der Waals surface area contributed by atoms with Crippen molar-refractivity contribution in [3.05, 3.63) is 51.1 Å². The van der Waals surface area contributed by atoms with Crippen LogP contribution in [0.5, 0.6) is 0 Å². The van der Waals surface area contributed by atoms with Gasteiger partial charge in [0.2, 0.25) is 0 Å². The molecule has 4 heteroatoms. The van der Waals surface area contributed by atoms with Crippen LogP contribution in [0.2, 0.25) is 0 Å². The highest BCUT2D eigenvalue weighted by Crippen LogP contribution is 2.40. The minimum Gasteiger partial charge on any atom is -0.123 e. The maximum absolute atomic E-state index is 2.23. The fourth-order valence-corrected chi connectivity index (χ4v) is 6.86. The molecule has 1 aliphatic heterocycles. The van der Waals surface area contributed by atoms with Crippen LogP contribution in [0, 0.1) is 0 Å². The molecule has 0 radical (unpaired) electrons. The molecule has 0 aliphatic carbocycles. The number of thioether (sulfide) groups is 2. The van der Waals surface area contributed by atoms with Gasteiger partial charge in [-0.2, -0.15) is 0 Å². The highest BCUT2D eigenvalue weighted by molar-refractivity contribution is 8.35. The zero-order valence-corrected chi connectivity index (χ0v) is 12.5. The molecular weight excluding hydrogens is 296 g/mol. The molecule has 0 nitrogen and oxygen atoms in total. The van der Waals surface area contributed by atoms with Gasteiger partial charge >= 0.3 is 0 Å². The van der Waals surface area contributed by atoms with Crippen molar-refractivity contribution in [1.82, 2.24) is 0 Å². The predicted molar refractivity (Wildman–Crippen MR) is 89.0 cm³/mol. The quantitative estimate of drug-likeness (QED) is 0.544. The highest BCUT2D eigenvalue weighted by atomic mass is 32.2. The summed E-state index contributed by atoms with van der Waals surface area (Å²) in [6.45, 7) is 0. The van der Waals surface area contributed by atoms with Gasteiger partial charge in [-0.1, -0.05) is 47.8 Å². The van der Waals surface area contributed by atoms with Crippen molar-refractivity contribution < 1.29 is 0 Å². The van der Waals surface area contributed by atoms with Crippen molar-refractivity contribution >= 4 is 70.6 Å². The van der Waals surface area contributed by atoms with E-state index in [-0.39, 0.29) is 0 Å². The molecule has 0 atom stereocenters. The molecule has 1 aliphatic rings. The normalized spacial score (nSPS) is 15.0. The molecule has 0 fully saturated rings. The molecule has 1 aromatic heterocycles. The van der Waals surface area contributed by atoms with Crippen LogP contribution in [-0.2, 0) is 0 Å². The molecule has 2 heterocycles. The zero-order valence-electron chi connectivity index (χ0n) is 9.25. The van der Waals surface area contributed by atoms with Gasteiger partial charge in [-0.25, -0.2) is 0 Å². The number of hydrogen-bond donors (Lipinski definition) is 0. The Hall–Kier alpha value is -0.680. The average Bonchev–Trinajstić information content (AvgIpc) is 2.93. The van der Waals surface area contributed by atoms with E-state index in [0.717, 1.165) is 0 Å². The molecule has 0 N–H and O–H groups in total. The second-order valence-corrected chi connectivity index (χ2v) is 8.35. The Bertz CT molecular complexity index is 774. The van der Waals surface area contributed by atoms with Crippen LogP contribution >= 0.6 is 46.2 Å². The zero-order chi connectivity index (χ0) is 11.9. The van der Waals surface area contributed by atoms with Gasteiger partial charge in [-0.15, -0.1) is 22.7 Å². The number of benzene rings is 2. The molecule has 4 rings (SSSR count). The first-order chi connectivity index (χ1) is 8.92. The van der Waals surface area contributed by atoms with Crippen molar-refractivity contribution in [2.24, 2.45) is 0 Å². The molecule has 0 spiro atoms. The third-order valence-corrected chi connectivity index (χ3v) is 7.85. The van der Waals surface area contributed by atoms with Gasteiger partial charge in [-0.3, -0.25) is 0 Å². The van der Waals surface area contributed by atoms with Gasteiger partial charge in [0.1, 0.15) is 3.85 Å². The van der Waals surface area contributed by atoms with Crippen LogP contribution in [0.3, 0.4) is 0 Å². The fraction of sp³-hybridized carbons (Fsp3) is 0. The lowest BCUT2D eigenvalue weighted by atomic mass is 10.1. The lowest BCUT2D eigenvalue weighted by Gasteiger charge is -2.04. The number of hydrogen-bond acceptors (Lipinski definition) is 4. The van der Waals surface area contributed by atoms with E-state index in [0.29, 0.717) is 0 Å². The molecule has 2 aromatic carbocycles. The maximum atomic E-state index is 2.23. The van der Waals surface area contributed by atoms with Crippen LogP contribution < -0.4 is 3.85 Å². The highest BCUT2D eigenvalue weighted by Gasteiger charge is 2.08. The largest absolute Gasteiger partial charge is 0.123 e. The van der Waals surface area contributed by atoms with Crippen LogP contribution in [-0.4, -0.2) is 0 Å². The first kappa shape index (κ1) is 11.2. The first-order valence-electron chi connectivity index (χ1n) is 5.52. The predicted octanol–water partition coefficient (Wildman–Crippen LogP) is 5.41. The Morgan fingerprint density at radius 2 is 1.33 bits per heavy atom. The Kier molecular flexibility index (Phi) is 2.77. The minimum atomic E-state index is 1.35. The molecule has 18 heavy (non-hydrogen) atoms. The van der Waals surface area contributed by atoms with E-state index in [9.17, 15) is 0 Å². The Labute approximate surface area is 121 Å². The van der Waals surface area contributed by atoms with Crippen LogP contribution in [0.1, 0.15) is 0 Å². The molecule has 0 saturated carbocycles. The van der Waals surface area contributed by atoms with Gasteiger partial charge in [0.25, 0.3) is 0 Å². The summed E-state index contributed by atoms with van der Waals surface area (Å²) in [7, 11) is 0. The summed E-state index contributed by atoms with van der Waals surface area (Å²) in [6, 6.07) is 13.2. The second kappa shape index (κ2) is 4.46. The molecule has 88 valence electrons. The Morgan fingerprint density at radius 1 is 0.722 bits per heavy atom. The average molecular weight is 304 g/mol. The van der Waals surface area contributed by atoms with E-state index in [1.165, 1.54) is 28.3 Å². The summed E-state index contributed by atoms with van der Waals surface area (Å²) in [5, 5.41) is 7.09. The maximum Gasteiger partial charge on any atom is 0.101 e. The third-order valence-electron chi connectivity index (χ3n) is 2.81. The van der Waals surface area contributed by atoms with Gasteiger partial charge in [0, 0.05) is 14.8 Å². The Morgan fingerprint density at radius 3 is 1.94 bits per heavy atom. The molecule has 0 amide bonds. The van der Waals surface area contributed by atoms with Crippen molar-refractivity contribution in [2.45, 2.75) is 0 Å². The van der Waals surface area contributed by atoms with E-state index in [1.54, 1.807) is 0 Å². The van der Waals surface area contributed by atoms with E-state index in [2.05, 4.69) is 47.2 Å². The standard InChI is InChI=1S/C14H8S4/c1-3-9-4-2-6-11-12(9)10(5-1)17-14(18-11)13-15-7-8-16-13/h1-8H. The third kappa shape index (κ3) is 1.75. The van der Waals surface area contributed by atoms with Crippen LogP contribution in [0.25, 0.3) is 24.4 Å². The number of rotatable bonds is 0. The fourth-order valence-electron chi connectivity index (χ4n) is 2.05. The van der Waals surface area contributed by atoms with Crippen molar-refractivity contribution in [3.63, 3.8) is 0 Å². The smallest absolute Gasteiger partial charge is 0.101 e. The summed E-state index contributed by atoms with van der Waals surface area (Å²) in [5.74, 6) is 0. The second-order valence-electron chi connectivity index (χ2n) is 3.90. The first-order valence-corrected chi connectivity index (χ1v) is 8.91. The summed E-state index contributed by atoms with van der Waals surface area (Å²) < 4.78 is 5.60. The Balaban J connectivity index is 2.18. The monoisotopic (exact) mass is 304 g/mol. The molecule has 0 saturated heterocycles. The van der Waals surface area contributed by atoms with Crippen molar-refractivity contribution in [3.8, 4) is 0 Å². The van der Waals surface area contributed by atoms with Crippen molar-refractivity contribution in [2.75, 3.05) is 0 Å². The lowest BCUT2D eigenvalue weighted by molar-refractivity contribution is 1.85. The van der Waals surface area contributed by atoms with Crippen molar-refractivity contribution in [1.29, 1.82) is 0 Å². The topological polar surface area (TPSA) is 0 Å². The molecular formula is C14H8S4. The summed E-state index contributed by atoms with van der Waals surface area (Å²) in [5.41, 5.74) is 0. The summed E-state index contributed by atoms with van der Waals surface area (Å²) >= 11 is 7.48. The van der Waals surface area contributed by atoms with Gasteiger partial charge in [0.15, 0.2) is 0 Å². The minimum absolute atomic E-state index is 1.35. The van der Waals surface area contributed by atoms with E-state index in [1.807, 2.05) is 46.2 Å². The molecule has 0 unspecified atom stereocenters. The molecule has 0 bridgehead atoms. The SMILES string of the molecule is C1=CSC(=c2sc3cccc4cccc(s2)c43)S1. The van der Waals surface area contributed by atoms with E-state index in [4.69, 9.17) is 0 Å². The summed E-state index contributed by atoms with van der Waals surface area (Å²) in [4.78, 5) is 0. The summed E-state index contributed by atoms with van der Waals surface area (Å²) in [6.07, 6.45) is 0. The lowest BCUT2D eigenvalue weighted by Crippen LogP contribution is -1.92. The van der Waals surface area contributed by atoms with Crippen LogP contribution in [0.15, 0.2) is 47.2 Å². The van der Waals surface area contributed by atoms with Gasteiger partial charge < -0.3 is 0 Å². The van der Waals surface area contributed by atoms with Gasteiger partial charge in [-0.05, 0) is 28.3 Å². The van der Waals surface area contributed by atoms with Gasteiger partial charge in [0.05, 0.1) is 4.24 Å². The molecule has 3 aromatic rings. The van der Waals surface area contributed by atoms with Crippen LogP contribution in [0.4, 0.5) is 0 Å². The van der Waals surface area contributed by atoms with E-state index < -0.39 is 0 Å². The van der Waals surface area contributed by atoms with E-state index >= 15 is 0 Å².